The van der Waals surface area contributed by atoms with Crippen LogP contribution in [0, 0.1) is 13.8 Å². The molecule has 3 aromatic rings. The van der Waals surface area contributed by atoms with Crippen LogP contribution in [0.25, 0.3) is 0 Å². The third kappa shape index (κ3) is 8.50. The quantitative estimate of drug-likeness (QED) is 0.301. The van der Waals surface area contributed by atoms with Gasteiger partial charge in [0.25, 0.3) is 10.0 Å². The van der Waals surface area contributed by atoms with Crippen molar-refractivity contribution in [2.75, 3.05) is 25.1 Å². The van der Waals surface area contributed by atoms with Crippen LogP contribution >= 0.6 is 0 Å². The van der Waals surface area contributed by atoms with E-state index in [-0.39, 0.29) is 23.1 Å². The van der Waals surface area contributed by atoms with Crippen molar-refractivity contribution >= 4 is 27.5 Å². The summed E-state index contributed by atoms with van der Waals surface area (Å²) in [5, 5.41) is 2.98. The smallest absolute Gasteiger partial charge is 0.264 e. The van der Waals surface area contributed by atoms with Crippen LogP contribution in [-0.4, -0.2) is 57.5 Å². The number of nitrogens with zero attached hydrogens (tertiary/aromatic N) is 2. The van der Waals surface area contributed by atoms with Crippen LogP contribution in [0.15, 0.2) is 71.6 Å². The summed E-state index contributed by atoms with van der Waals surface area (Å²) in [4.78, 5) is 29.1. The molecule has 0 bridgehead atoms. The molecule has 0 saturated heterocycles. The van der Waals surface area contributed by atoms with Crippen molar-refractivity contribution in [2.45, 2.75) is 71.0 Å². The van der Waals surface area contributed by atoms with Crippen LogP contribution in [-0.2, 0) is 26.2 Å². The first-order valence-corrected chi connectivity index (χ1v) is 15.6. The average Bonchev–Trinajstić information content (AvgIpc) is 2.94. The molecule has 0 unspecified atom stereocenters. The highest BCUT2D eigenvalue weighted by Gasteiger charge is 2.35. The van der Waals surface area contributed by atoms with Crippen LogP contribution in [0.4, 0.5) is 5.69 Å². The van der Waals surface area contributed by atoms with E-state index in [4.69, 9.17) is 9.47 Å². The second kappa shape index (κ2) is 13.9. The first-order valence-electron chi connectivity index (χ1n) is 14.2. The number of benzene rings is 3. The highest BCUT2D eigenvalue weighted by Crippen LogP contribution is 2.33. The third-order valence-corrected chi connectivity index (χ3v) is 8.57. The van der Waals surface area contributed by atoms with Crippen LogP contribution < -0.4 is 19.1 Å². The fraction of sp³-hybridized carbons (Fsp3) is 0.394. The fourth-order valence-corrected chi connectivity index (χ4v) is 6.29. The Hall–Kier alpha value is -4.05. The monoisotopic (exact) mass is 609 g/mol. The Morgan fingerprint density at radius 2 is 1.49 bits per heavy atom. The minimum Gasteiger partial charge on any atom is -0.493 e. The van der Waals surface area contributed by atoms with Crippen LogP contribution in [0.2, 0.25) is 0 Å². The lowest BCUT2D eigenvalue weighted by Crippen LogP contribution is -2.55. The Balaban J connectivity index is 2.14. The Bertz CT molecular complexity index is 1510. The predicted molar refractivity (Wildman–Crippen MR) is 169 cm³/mol. The summed E-state index contributed by atoms with van der Waals surface area (Å²) in [5.41, 5.74) is 2.32. The molecule has 0 saturated carbocycles. The molecule has 0 aromatic heterocycles. The molecule has 3 aromatic carbocycles. The minimum atomic E-state index is -4.28. The summed E-state index contributed by atoms with van der Waals surface area (Å²) in [5.74, 6) is -0.200. The number of carbonyl (C=O) groups is 2. The number of carbonyl (C=O) groups excluding carboxylic acids is 2. The normalized spacial score (nSPS) is 12.3. The molecule has 0 heterocycles. The molecule has 0 spiro atoms. The minimum absolute atomic E-state index is 0.0655. The first-order chi connectivity index (χ1) is 20.2. The molecule has 232 valence electrons. The van der Waals surface area contributed by atoms with E-state index < -0.39 is 34.1 Å². The van der Waals surface area contributed by atoms with Gasteiger partial charge in [-0.3, -0.25) is 13.9 Å². The van der Waals surface area contributed by atoms with Crippen molar-refractivity contribution in [3.63, 3.8) is 0 Å². The van der Waals surface area contributed by atoms with Gasteiger partial charge in [-0.25, -0.2) is 8.42 Å². The summed E-state index contributed by atoms with van der Waals surface area (Å²) in [7, 11) is -1.39. The molecular formula is C33H43N3O6S. The van der Waals surface area contributed by atoms with Crippen molar-refractivity contribution in [2.24, 2.45) is 0 Å². The van der Waals surface area contributed by atoms with Gasteiger partial charge in [0.1, 0.15) is 12.6 Å². The summed E-state index contributed by atoms with van der Waals surface area (Å²) in [6.07, 6.45) is 0.340. The molecular weight excluding hydrogens is 566 g/mol. The van der Waals surface area contributed by atoms with E-state index in [1.165, 1.54) is 37.3 Å². The molecule has 9 nitrogen and oxygen atoms in total. The molecule has 0 aliphatic heterocycles. The van der Waals surface area contributed by atoms with Gasteiger partial charge < -0.3 is 19.7 Å². The zero-order valence-electron chi connectivity index (χ0n) is 26.3. The number of ether oxygens (including phenoxy) is 2. The van der Waals surface area contributed by atoms with E-state index in [0.717, 1.165) is 21.0 Å². The average molecular weight is 610 g/mol. The lowest BCUT2D eigenvalue weighted by Gasteiger charge is -2.35. The maximum absolute atomic E-state index is 14.3. The van der Waals surface area contributed by atoms with Gasteiger partial charge in [0.15, 0.2) is 11.5 Å². The van der Waals surface area contributed by atoms with Crippen molar-refractivity contribution in [3.8, 4) is 11.5 Å². The van der Waals surface area contributed by atoms with Crippen LogP contribution in [0.1, 0.15) is 50.8 Å². The van der Waals surface area contributed by atoms with E-state index in [2.05, 4.69) is 5.32 Å². The molecule has 1 atom stereocenters. The van der Waals surface area contributed by atoms with E-state index in [0.29, 0.717) is 17.9 Å². The highest BCUT2D eigenvalue weighted by atomic mass is 32.2. The predicted octanol–water partition coefficient (Wildman–Crippen LogP) is 5.24. The fourth-order valence-electron chi connectivity index (χ4n) is 4.88. The molecule has 0 aliphatic rings. The summed E-state index contributed by atoms with van der Waals surface area (Å²) in [6, 6.07) is 18.2. The topological polar surface area (TPSA) is 105 Å². The number of rotatable bonds is 12. The van der Waals surface area contributed by atoms with Gasteiger partial charge in [-0.05, 0) is 82.0 Å². The van der Waals surface area contributed by atoms with E-state index in [9.17, 15) is 18.0 Å². The number of anilines is 1. The van der Waals surface area contributed by atoms with Gasteiger partial charge >= 0.3 is 0 Å². The van der Waals surface area contributed by atoms with Gasteiger partial charge in [0.05, 0.1) is 24.8 Å². The molecule has 0 fully saturated rings. The molecule has 0 radical (unpaired) electrons. The number of hydrogen-bond donors (Lipinski definition) is 1. The Morgan fingerprint density at radius 3 is 2.02 bits per heavy atom. The zero-order chi connectivity index (χ0) is 31.9. The van der Waals surface area contributed by atoms with Crippen LogP contribution in [0.3, 0.4) is 0 Å². The van der Waals surface area contributed by atoms with Crippen molar-refractivity contribution in [1.29, 1.82) is 0 Å². The molecule has 2 amide bonds. The Labute approximate surface area is 255 Å². The number of nitrogens with one attached hydrogen (secondary N) is 1. The van der Waals surface area contributed by atoms with Gasteiger partial charge in [-0.15, -0.1) is 0 Å². The molecule has 43 heavy (non-hydrogen) atoms. The molecule has 3 rings (SSSR count). The number of amides is 2. The van der Waals surface area contributed by atoms with Gasteiger partial charge in [0, 0.05) is 18.2 Å². The number of methoxy groups -OCH3 is 2. The highest BCUT2D eigenvalue weighted by molar-refractivity contribution is 7.92. The third-order valence-electron chi connectivity index (χ3n) is 6.80. The molecule has 10 heteroatoms. The lowest BCUT2D eigenvalue weighted by molar-refractivity contribution is -0.141. The maximum Gasteiger partial charge on any atom is 0.264 e. The maximum atomic E-state index is 14.3. The van der Waals surface area contributed by atoms with Gasteiger partial charge in [-0.1, -0.05) is 43.3 Å². The Morgan fingerprint density at radius 1 is 0.884 bits per heavy atom. The van der Waals surface area contributed by atoms with E-state index in [1.807, 2.05) is 77.9 Å². The second-order valence-electron chi connectivity index (χ2n) is 11.5. The summed E-state index contributed by atoms with van der Waals surface area (Å²) >= 11 is 0. The van der Waals surface area contributed by atoms with E-state index >= 15 is 0 Å². The SMILES string of the molecule is CC[C@@H](C(=O)NC(C)(C)C)N(Cc1ccccc1)C(=O)CN(c1cc(C)cc(C)c1)S(=O)(=O)c1ccc(OC)c(OC)c1. The van der Waals surface area contributed by atoms with Crippen LogP contribution in [0.5, 0.6) is 11.5 Å². The van der Waals surface area contributed by atoms with Gasteiger partial charge in [-0.2, -0.15) is 0 Å². The standard InChI is InChI=1S/C33H43N3O6S/c1-9-28(32(38)34-33(4,5)6)35(21-25-13-11-10-12-14-25)31(37)22-36(26-18-23(2)17-24(3)19-26)43(39,40)27-15-16-29(41-7)30(20-27)42-8/h10-20,28H,9,21-22H2,1-8H3,(H,34,38)/t28-/m0/s1. The summed E-state index contributed by atoms with van der Waals surface area (Å²) < 4.78 is 40.3. The van der Waals surface area contributed by atoms with Crippen molar-refractivity contribution in [3.05, 3.63) is 83.4 Å². The summed E-state index contributed by atoms with van der Waals surface area (Å²) in [6.45, 7) is 10.8. The number of hydrogen-bond acceptors (Lipinski definition) is 6. The zero-order valence-corrected chi connectivity index (χ0v) is 27.1. The van der Waals surface area contributed by atoms with Crippen molar-refractivity contribution in [1.82, 2.24) is 10.2 Å². The lowest BCUT2D eigenvalue weighted by atomic mass is 10.1. The molecule has 1 N–H and O–H groups in total. The first kappa shape index (κ1) is 33.5. The van der Waals surface area contributed by atoms with E-state index in [1.54, 1.807) is 12.1 Å². The second-order valence-corrected chi connectivity index (χ2v) is 13.4. The largest absolute Gasteiger partial charge is 0.493 e. The molecule has 0 aliphatic carbocycles. The van der Waals surface area contributed by atoms with Crippen molar-refractivity contribution < 1.29 is 27.5 Å². The Kier molecular flexibility index (Phi) is 10.9. The number of sulfonamides is 1. The number of aryl methyl sites for hydroxylation is 2. The van der Waals surface area contributed by atoms with Gasteiger partial charge in [0.2, 0.25) is 11.8 Å².